The Morgan fingerprint density at radius 2 is 1.75 bits per heavy atom. The molecule has 0 aromatic heterocycles. The molecule has 0 fully saturated rings. The van der Waals surface area contributed by atoms with Crippen LogP contribution in [0.3, 0.4) is 0 Å². The monoisotopic (exact) mass is 456 g/mol. The van der Waals surface area contributed by atoms with E-state index in [1.54, 1.807) is 66.7 Å². The van der Waals surface area contributed by atoms with Crippen LogP contribution in [-0.4, -0.2) is 18.1 Å². The Morgan fingerprint density at radius 3 is 2.50 bits per heavy atom. The van der Waals surface area contributed by atoms with Crippen LogP contribution in [0.15, 0.2) is 82.4 Å². The van der Waals surface area contributed by atoms with Gasteiger partial charge in [-0.15, -0.1) is 0 Å². The highest BCUT2D eigenvalue weighted by atomic mass is 79.9. The molecule has 0 aliphatic carbocycles. The van der Waals surface area contributed by atoms with Gasteiger partial charge in [-0.05, 0) is 70.0 Å². The fourth-order valence-electron chi connectivity index (χ4n) is 2.28. The van der Waals surface area contributed by atoms with Crippen molar-refractivity contribution in [3.05, 3.63) is 99.0 Å². The minimum atomic E-state index is -0.493. The number of halogens is 2. The van der Waals surface area contributed by atoms with Gasteiger partial charge in [0.15, 0.2) is 0 Å². The van der Waals surface area contributed by atoms with Gasteiger partial charge in [0.25, 0.3) is 5.91 Å². The second kappa shape index (κ2) is 9.30. The number of hydrazone groups is 1. The van der Waals surface area contributed by atoms with E-state index in [2.05, 4.69) is 26.5 Å². The summed E-state index contributed by atoms with van der Waals surface area (Å²) in [5.74, 6) is -0.469. The Morgan fingerprint density at radius 1 is 1.00 bits per heavy atom. The molecule has 0 heterocycles. The Labute approximate surface area is 175 Å². The number of rotatable bonds is 5. The standard InChI is InChI=1S/C21H14BrClN2O3/c22-19-7-2-1-6-18(19)20(26)25-24-13-14-4-3-5-17(12-14)28-21(27)15-8-10-16(23)11-9-15/h1-13H,(H,25,26)/b24-13-. The molecule has 3 aromatic rings. The molecule has 0 bridgehead atoms. The number of hydrogen-bond donors (Lipinski definition) is 1. The normalized spacial score (nSPS) is 10.6. The van der Waals surface area contributed by atoms with E-state index < -0.39 is 5.97 Å². The van der Waals surface area contributed by atoms with Crippen molar-refractivity contribution in [1.82, 2.24) is 5.43 Å². The molecule has 0 saturated carbocycles. The maximum Gasteiger partial charge on any atom is 0.343 e. The molecule has 1 N–H and O–H groups in total. The number of ether oxygens (including phenoxy) is 1. The molecule has 0 radical (unpaired) electrons. The van der Waals surface area contributed by atoms with E-state index in [0.717, 1.165) is 0 Å². The first-order chi connectivity index (χ1) is 13.5. The van der Waals surface area contributed by atoms with Crippen LogP contribution in [0, 0.1) is 0 Å². The van der Waals surface area contributed by atoms with Gasteiger partial charge in [0.2, 0.25) is 0 Å². The molecule has 140 valence electrons. The van der Waals surface area contributed by atoms with Crippen LogP contribution in [-0.2, 0) is 0 Å². The second-order valence-corrected chi connectivity index (χ2v) is 6.94. The lowest BCUT2D eigenvalue weighted by atomic mass is 10.2. The first-order valence-electron chi connectivity index (χ1n) is 8.19. The van der Waals surface area contributed by atoms with Crippen LogP contribution in [0.1, 0.15) is 26.3 Å². The fraction of sp³-hybridized carbons (Fsp3) is 0. The SMILES string of the molecule is O=C(Oc1cccc(/C=N\NC(=O)c2ccccc2Br)c1)c1ccc(Cl)cc1. The molecule has 0 saturated heterocycles. The molecule has 28 heavy (non-hydrogen) atoms. The molecular formula is C21H14BrClN2O3. The van der Waals surface area contributed by atoms with Gasteiger partial charge in [-0.2, -0.15) is 5.10 Å². The van der Waals surface area contributed by atoms with Crippen molar-refractivity contribution >= 4 is 45.6 Å². The van der Waals surface area contributed by atoms with Gasteiger partial charge in [0.1, 0.15) is 5.75 Å². The van der Waals surface area contributed by atoms with Gasteiger partial charge < -0.3 is 4.74 Å². The van der Waals surface area contributed by atoms with Crippen molar-refractivity contribution in [3.8, 4) is 5.75 Å². The number of esters is 1. The molecule has 0 unspecified atom stereocenters. The van der Waals surface area contributed by atoms with E-state index in [-0.39, 0.29) is 5.91 Å². The Bertz CT molecular complexity index is 1040. The number of nitrogens with one attached hydrogen (secondary N) is 1. The van der Waals surface area contributed by atoms with Crippen LogP contribution in [0.5, 0.6) is 5.75 Å². The summed E-state index contributed by atoms with van der Waals surface area (Å²) < 4.78 is 6.04. The van der Waals surface area contributed by atoms with E-state index in [4.69, 9.17) is 16.3 Å². The summed E-state index contributed by atoms with van der Waals surface area (Å²) in [6.07, 6.45) is 1.47. The summed E-state index contributed by atoms with van der Waals surface area (Å²) in [4.78, 5) is 24.3. The Hall–Kier alpha value is -2.96. The third-order valence-electron chi connectivity index (χ3n) is 3.65. The van der Waals surface area contributed by atoms with Crippen LogP contribution in [0.4, 0.5) is 0 Å². The van der Waals surface area contributed by atoms with E-state index in [1.807, 2.05) is 6.07 Å². The third-order valence-corrected chi connectivity index (χ3v) is 4.59. The number of carbonyl (C=O) groups excluding carboxylic acids is 2. The van der Waals surface area contributed by atoms with Crippen LogP contribution < -0.4 is 10.2 Å². The second-order valence-electron chi connectivity index (χ2n) is 5.65. The Kier molecular flexibility index (Phi) is 6.57. The average molecular weight is 458 g/mol. The highest BCUT2D eigenvalue weighted by Gasteiger charge is 2.09. The van der Waals surface area contributed by atoms with Gasteiger partial charge in [-0.25, -0.2) is 10.2 Å². The summed E-state index contributed by atoms with van der Waals surface area (Å²) in [5, 5.41) is 4.49. The summed E-state index contributed by atoms with van der Waals surface area (Å²) in [5.41, 5.74) is 3.99. The maximum atomic E-state index is 12.2. The highest BCUT2D eigenvalue weighted by molar-refractivity contribution is 9.10. The van der Waals surface area contributed by atoms with Crippen molar-refractivity contribution < 1.29 is 14.3 Å². The molecule has 3 rings (SSSR count). The zero-order valence-electron chi connectivity index (χ0n) is 14.4. The third kappa shape index (κ3) is 5.28. The summed E-state index contributed by atoms with van der Waals surface area (Å²) >= 11 is 9.14. The molecule has 7 heteroatoms. The number of nitrogens with zero attached hydrogens (tertiary/aromatic N) is 1. The predicted molar refractivity (Wildman–Crippen MR) is 112 cm³/mol. The summed E-state index contributed by atoms with van der Waals surface area (Å²) in [6.45, 7) is 0. The number of amides is 1. The molecular weight excluding hydrogens is 444 g/mol. The van der Waals surface area contributed by atoms with Crippen molar-refractivity contribution in [3.63, 3.8) is 0 Å². The van der Waals surface area contributed by atoms with Gasteiger partial charge in [-0.1, -0.05) is 35.9 Å². The molecule has 3 aromatic carbocycles. The molecule has 0 aliphatic rings. The van der Waals surface area contributed by atoms with Crippen molar-refractivity contribution in [2.45, 2.75) is 0 Å². The lowest BCUT2D eigenvalue weighted by Crippen LogP contribution is -2.18. The topological polar surface area (TPSA) is 67.8 Å². The first kappa shape index (κ1) is 19.8. The summed E-state index contributed by atoms with van der Waals surface area (Å²) in [7, 11) is 0. The fourth-order valence-corrected chi connectivity index (χ4v) is 2.87. The predicted octanol–water partition coefficient (Wildman–Crippen LogP) is 5.09. The first-order valence-corrected chi connectivity index (χ1v) is 9.36. The number of hydrogen-bond acceptors (Lipinski definition) is 4. The lowest BCUT2D eigenvalue weighted by molar-refractivity contribution is 0.0734. The smallest absolute Gasteiger partial charge is 0.343 e. The van der Waals surface area contributed by atoms with E-state index >= 15 is 0 Å². The zero-order chi connectivity index (χ0) is 19.9. The van der Waals surface area contributed by atoms with Gasteiger partial charge in [0.05, 0.1) is 17.3 Å². The number of benzene rings is 3. The van der Waals surface area contributed by atoms with Crippen molar-refractivity contribution in [2.24, 2.45) is 5.10 Å². The van der Waals surface area contributed by atoms with Crippen molar-refractivity contribution in [1.29, 1.82) is 0 Å². The van der Waals surface area contributed by atoms with Gasteiger partial charge in [0, 0.05) is 9.50 Å². The zero-order valence-corrected chi connectivity index (χ0v) is 16.8. The van der Waals surface area contributed by atoms with Crippen molar-refractivity contribution in [2.75, 3.05) is 0 Å². The minimum absolute atomic E-state index is 0.339. The highest BCUT2D eigenvalue weighted by Crippen LogP contribution is 2.17. The van der Waals surface area contributed by atoms with E-state index in [9.17, 15) is 9.59 Å². The quantitative estimate of drug-likeness (QED) is 0.251. The Balaban J connectivity index is 1.63. The van der Waals surface area contributed by atoms with Crippen LogP contribution in [0.25, 0.3) is 0 Å². The molecule has 0 spiro atoms. The summed E-state index contributed by atoms with van der Waals surface area (Å²) in [6, 6.07) is 20.3. The molecule has 5 nitrogen and oxygen atoms in total. The average Bonchev–Trinajstić information content (AvgIpc) is 2.69. The van der Waals surface area contributed by atoms with E-state index in [1.165, 1.54) is 6.21 Å². The van der Waals surface area contributed by atoms with Gasteiger partial charge >= 0.3 is 5.97 Å². The van der Waals surface area contributed by atoms with Crippen LogP contribution >= 0.6 is 27.5 Å². The lowest BCUT2D eigenvalue weighted by Gasteiger charge is -2.05. The molecule has 1 amide bonds. The van der Waals surface area contributed by atoms with Gasteiger partial charge in [-0.3, -0.25) is 4.79 Å². The minimum Gasteiger partial charge on any atom is -0.423 e. The largest absolute Gasteiger partial charge is 0.423 e. The van der Waals surface area contributed by atoms with Crippen LogP contribution in [0.2, 0.25) is 5.02 Å². The maximum absolute atomic E-state index is 12.2. The van der Waals surface area contributed by atoms with E-state index in [0.29, 0.717) is 31.9 Å². The number of carbonyl (C=O) groups is 2. The molecule has 0 atom stereocenters. The molecule has 0 aliphatic heterocycles.